The molecule has 0 radical (unpaired) electrons. The summed E-state index contributed by atoms with van der Waals surface area (Å²) >= 11 is 6.05. The van der Waals surface area contributed by atoms with Crippen molar-refractivity contribution < 1.29 is 0 Å². The molecular formula is C22H20ClN. The van der Waals surface area contributed by atoms with E-state index in [0.29, 0.717) is 0 Å². The van der Waals surface area contributed by atoms with Gasteiger partial charge in [-0.1, -0.05) is 72.3 Å². The van der Waals surface area contributed by atoms with E-state index in [1.165, 1.54) is 27.8 Å². The van der Waals surface area contributed by atoms with Crippen molar-refractivity contribution in [2.24, 2.45) is 0 Å². The highest BCUT2D eigenvalue weighted by atomic mass is 35.5. The fraction of sp³-hybridized carbons (Fsp3) is 0.182. The van der Waals surface area contributed by atoms with Crippen molar-refractivity contribution in [3.05, 3.63) is 94.5 Å². The van der Waals surface area contributed by atoms with Gasteiger partial charge in [0.2, 0.25) is 0 Å². The van der Waals surface area contributed by atoms with Crippen LogP contribution in [-0.4, -0.2) is 11.4 Å². The molecule has 1 nitrogen and oxygen atoms in total. The third kappa shape index (κ3) is 3.24. The van der Waals surface area contributed by atoms with Gasteiger partial charge in [0.15, 0.2) is 0 Å². The first-order chi connectivity index (χ1) is 11.8. The average Bonchev–Trinajstić information content (AvgIpc) is 2.63. The monoisotopic (exact) mass is 333 g/mol. The second-order valence-corrected chi connectivity index (χ2v) is 6.83. The summed E-state index contributed by atoms with van der Waals surface area (Å²) in [6.07, 6.45) is 1.11. The smallest absolute Gasteiger partial charge is 0.0406 e. The Morgan fingerprint density at radius 3 is 2.42 bits per heavy atom. The number of rotatable bonds is 3. The van der Waals surface area contributed by atoms with Crippen molar-refractivity contribution in [3.63, 3.8) is 0 Å². The molecule has 0 fully saturated rings. The molecule has 1 aliphatic rings. The number of hydrogen-bond acceptors (Lipinski definition) is 1. The number of nitrogens with zero attached hydrogens (tertiary/aromatic N) is 1. The van der Waals surface area contributed by atoms with Gasteiger partial charge in [-0.2, -0.15) is 0 Å². The van der Waals surface area contributed by atoms with Gasteiger partial charge in [-0.3, -0.25) is 4.90 Å². The summed E-state index contributed by atoms with van der Waals surface area (Å²) in [6, 6.07) is 25.6. The zero-order chi connectivity index (χ0) is 16.4. The molecule has 0 N–H and O–H groups in total. The van der Waals surface area contributed by atoms with E-state index < -0.39 is 0 Å². The van der Waals surface area contributed by atoms with Crippen molar-refractivity contribution in [1.29, 1.82) is 0 Å². The summed E-state index contributed by atoms with van der Waals surface area (Å²) < 4.78 is 0. The predicted molar refractivity (Wildman–Crippen MR) is 101 cm³/mol. The average molecular weight is 334 g/mol. The minimum atomic E-state index is 0.786. The topological polar surface area (TPSA) is 3.24 Å². The van der Waals surface area contributed by atoms with Crippen molar-refractivity contribution in [2.45, 2.75) is 19.5 Å². The number of benzene rings is 3. The lowest BCUT2D eigenvalue weighted by atomic mass is 9.91. The van der Waals surface area contributed by atoms with E-state index in [-0.39, 0.29) is 0 Å². The van der Waals surface area contributed by atoms with E-state index in [1.54, 1.807) is 0 Å². The first kappa shape index (κ1) is 15.4. The molecule has 0 unspecified atom stereocenters. The van der Waals surface area contributed by atoms with Crippen LogP contribution in [0.25, 0.3) is 11.1 Å². The molecule has 0 saturated heterocycles. The summed E-state index contributed by atoms with van der Waals surface area (Å²) in [7, 11) is 0. The Morgan fingerprint density at radius 1 is 0.833 bits per heavy atom. The highest BCUT2D eigenvalue weighted by Gasteiger charge is 2.19. The molecular weight excluding hydrogens is 314 g/mol. The predicted octanol–water partition coefficient (Wildman–Crippen LogP) is 5.57. The van der Waals surface area contributed by atoms with Crippen molar-refractivity contribution >= 4 is 11.6 Å². The Balaban J connectivity index is 1.63. The molecule has 0 saturated carbocycles. The maximum atomic E-state index is 6.05. The summed E-state index contributed by atoms with van der Waals surface area (Å²) in [5, 5.41) is 0.786. The van der Waals surface area contributed by atoms with Crippen LogP contribution in [0.1, 0.15) is 16.7 Å². The van der Waals surface area contributed by atoms with Gasteiger partial charge in [0.25, 0.3) is 0 Å². The van der Waals surface area contributed by atoms with Crippen molar-refractivity contribution in [3.8, 4) is 11.1 Å². The van der Waals surface area contributed by atoms with E-state index in [1.807, 2.05) is 12.1 Å². The molecule has 1 aliphatic heterocycles. The van der Waals surface area contributed by atoms with E-state index >= 15 is 0 Å². The van der Waals surface area contributed by atoms with Crippen LogP contribution in [0.4, 0.5) is 0 Å². The van der Waals surface area contributed by atoms with Crippen LogP contribution in [0.5, 0.6) is 0 Å². The highest BCUT2D eigenvalue weighted by molar-refractivity contribution is 6.30. The summed E-state index contributed by atoms with van der Waals surface area (Å²) in [5.74, 6) is 0. The molecule has 1 heterocycles. The number of hydrogen-bond donors (Lipinski definition) is 0. The van der Waals surface area contributed by atoms with Crippen LogP contribution in [0.3, 0.4) is 0 Å². The maximum Gasteiger partial charge on any atom is 0.0406 e. The zero-order valence-corrected chi connectivity index (χ0v) is 14.3. The Kier molecular flexibility index (Phi) is 4.38. The van der Waals surface area contributed by atoms with Crippen LogP contribution < -0.4 is 0 Å². The molecule has 2 heteroatoms. The lowest BCUT2D eigenvalue weighted by molar-refractivity contribution is 0.246. The Morgan fingerprint density at radius 2 is 1.62 bits per heavy atom. The minimum Gasteiger partial charge on any atom is -0.294 e. The molecule has 24 heavy (non-hydrogen) atoms. The Labute approximate surface area is 148 Å². The Bertz CT molecular complexity index is 824. The normalized spacial score (nSPS) is 14.4. The lowest BCUT2D eigenvalue weighted by Crippen LogP contribution is -2.30. The SMILES string of the molecule is Clc1ccc(-c2cccc3c2CN(Cc2ccccc2)CC3)cc1. The van der Waals surface area contributed by atoms with Crippen LogP contribution >= 0.6 is 11.6 Å². The van der Waals surface area contributed by atoms with Crippen molar-refractivity contribution in [2.75, 3.05) is 6.54 Å². The molecule has 0 spiro atoms. The molecule has 0 atom stereocenters. The molecule has 0 aliphatic carbocycles. The van der Waals surface area contributed by atoms with Gasteiger partial charge in [0.05, 0.1) is 0 Å². The van der Waals surface area contributed by atoms with Gasteiger partial charge in [-0.05, 0) is 46.4 Å². The second kappa shape index (κ2) is 6.80. The highest BCUT2D eigenvalue weighted by Crippen LogP contribution is 2.31. The van der Waals surface area contributed by atoms with Crippen LogP contribution in [0.2, 0.25) is 5.02 Å². The fourth-order valence-corrected chi connectivity index (χ4v) is 3.64. The van der Waals surface area contributed by atoms with E-state index in [9.17, 15) is 0 Å². The lowest BCUT2D eigenvalue weighted by Gasteiger charge is -2.30. The molecule has 0 aromatic heterocycles. The van der Waals surface area contributed by atoms with Gasteiger partial charge < -0.3 is 0 Å². The first-order valence-corrected chi connectivity index (χ1v) is 8.80. The van der Waals surface area contributed by atoms with Gasteiger partial charge in [-0.15, -0.1) is 0 Å². The molecule has 3 aromatic carbocycles. The first-order valence-electron chi connectivity index (χ1n) is 8.42. The third-order valence-corrected chi connectivity index (χ3v) is 5.01. The van der Waals surface area contributed by atoms with Gasteiger partial charge in [-0.25, -0.2) is 0 Å². The molecule has 0 amide bonds. The Hall–Kier alpha value is -2.09. The van der Waals surface area contributed by atoms with Gasteiger partial charge in [0.1, 0.15) is 0 Å². The van der Waals surface area contributed by atoms with Gasteiger partial charge in [0, 0.05) is 24.7 Å². The van der Waals surface area contributed by atoms with E-state index in [4.69, 9.17) is 11.6 Å². The zero-order valence-electron chi connectivity index (χ0n) is 13.6. The summed E-state index contributed by atoms with van der Waals surface area (Å²) in [5.41, 5.74) is 6.90. The molecule has 120 valence electrons. The van der Waals surface area contributed by atoms with Crippen LogP contribution in [-0.2, 0) is 19.5 Å². The maximum absolute atomic E-state index is 6.05. The fourth-order valence-electron chi connectivity index (χ4n) is 3.51. The molecule has 4 rings (SSSR count). The van der Waals surface area contributed by atoms with Crippen LogP contribution in [0, 0.1) is 0 Å². The van der Waals surface area contributed by atoms with Crippen molar-refractivity contribution in [1.82, 2.24) is 4.90 Å². The largest absolute Gasteiger partial charge is 0.294 e. The van der Waals surface area contributed by atoms with E-state index in [0.717, 1.165) is 31.1 Å². The van der Waals surface area contributed by atoms with Gasteiger partial charge >= 0.3 is 0 Å². The molecule has 3 aromatic rings. The summed E-state index contributed by atoms with van der Waals surface area (Å²) in [4.78, 5) is 2.54. The summed E-state index contributed by atoms with van der Waals surface area (Å²) in [6.45, 7) is 3.13. The van der Waals surface area contributed by atoms with Crippen LogP contribution in [0.15, 0.2) is 72.8 Å². The molecule has 0 bridgehead atoms. The number of fused-ring (bicyclic) bond motifs is 1. The third-order valence-electron chi connectivity index (χ3n) is 4.76. The standard InChI is InChI=1S/C22H20ClN/c23-20-11-9-19(10-12-20)21-8-4-7-18-13-14-24(16-22(18)21)15-17-5-2-1-3-6-17/h1-12H,13-16H2. The second-order valence-electron chi connectivity index (χ2n) is 6.40. The quantitative estimate of drug-likeness (QED) is 0.606. The van der Waals surface area contributed by atoms with E-state index in [2.05, 4.69) is 65.6 Å². The minimum absolute atomic E-state index is 0.786. The number of halogens is 1.